The van der Waals surface area contributed by atoms with Gasteiger partial charge in [0, 0.05) is 32.4 Å². The third-order valence-corrected chi connectivity index (χ3v) is 5.62. The number of pyridine rings is 1. The van der Waals surface area contributed by atoms with Gasteiger partial charge in [0.2, 0.25) is 5.91 Å². The molecule has 0 aliphatic carbocycles. The van der Waals surface area contributed by atoms with E-state index >= 15 is 0 Å². The fourth-order valence-electron chi connectivity index (χ4n) is 4.07. The molecule has 1 aromatic heterocycles. The summed E-state index contributed by atoms with van der Waals surface area (Å²) >= 11 is 0. The Hall–Kier alpha value is -2.31. The smallest absolute Gasteiger partial charge is 0.241 e. The second-order valence-corrected chi connectivity index (χ2v) is 7.36. The third-order valence-electron chi connectivity index (χ3n) is 5.62. The number of piperazine rings is 1. The molecule has 26 heavy (non-hydrogen) atoms. The fraction of sp³-hybridized carbons (Fsp3) is 0.400. The molecule has 3 heterocycles. The van der Waals surface area contributed by atoms with Crippen LogP contribution in [0, 0.1) is 5.82 Å². The monoisotopic (exact) mass is 354 g/mol. The molecule has 0 N–H and O–H groups in total. The van der Waals surface area contributed by atoms with Crippen LogP contribution in [0.2, 0.25) is 0 Å². The van der Waals surface area contributed by atoms with Gasteiger partial charge in [-0.05, 0) is 43.3 Å². The van der Waals surface area contributed by atoms with Crippen molar-refractivity contribution in [3.05, 3.63) is 60.2 Å². The molecule has 2 aromatic rings. The molecule has 2 aliphatic rings. The molecular formula is C20H23FN4O. The van der Waals surface area contributed by atoms with Crippen LogP contribution in [0.5, 0.6) is 0 Å². The Morgan fingerprint density at radius 1 is 1.19 bits per heavy atom. The minimum Gasteiger partial charge on any atom is -0.308 e. The number of carbonyl (C=O) groups is 1. The summed E-state index contributed by atoms with van der Waals surface area (Å²) in [6.07, 6.45) is 4.48. The maximum Gasteiger partial charge on any atom is 0.241 e. The number of hydrogen-bond acceptors (Lipinski definition) is 4. The number of rotatable bonds is 3. The van der Waals surface area contributed by atoms with E-state index in [2.05, 4.69) is 14.8 Å². The first-order chi connectivity index (χ1) is 12.6. The minimum absolute atomic E-state index is 0.0518. The zero-order valence-corrected chi connectivity index (χ0v) is 14.9. The highest BCUT2D eigenvalue weighted by Gasteiger charge is 2.47. The fourth-order valence-corrected chi connectivity index (χ4v) is 4.07. The number of anilines is 1. The summed E-state index contributed by atoms with van der Waals surface area (Å²) in [5, 5.41) is 0. The van der Waals surface area contributed by atoms with Gasteiger partial charge in [-0.1, -0.05) is 12.1 Å². The molecule has 2 fully saturated rings. The Morgan fingerprint density at radius 2 is 2.00 bits per heavy atom. The van der Waals surface area contributed by atoms with E-state index < -0.39 is 0 Å². The van der Waals surface area contributed by atoms with Crippen LogP contribution in [0.3, 0.4) is 0 Å². The predicted molar refractivity (Wildman–Crippen MR) is 98.2 cm³/mol. The van der Waals surface area contributed by atoms with Crippen LogP contribution in [0.25, 0.3) is 0 Å². The standard InChI is InChI=1S/C20H23FN4O/c1-23-13-19(26)25(18-3-2-9-22-11-18)15-20(23)8-10-24(14-20)12-16-4-6-17(21)7-5-16/h2-7,9,11H,8,10,12-15H2,1H3. The number of benzene rings is 1. The molecule has 2 saturated heterocycles. The largest absolute Gasteiger partial charge is 0.308 e. The van der Waals surface area contributed by atoms with Crippen molar-refractivity contribution in [3.8, 4) is 0 Å². The number of halogens is 1. The lowest BCUT2D eigenvalue weighted by Crippen LogP contribution is -2.64. The van der Waals surface area contributed by atoms with Crippen molar-refractivity contribution in [1.29, 1.82) is 0 Å². The molecule has 1 unspecified atom stereocenters. The molecule has 1 aromatic carbocycles. The number of hydrogen-bond donors (Lipinski definition) is 0. The molecule has 1 amide bonds. The van der Waals surface area contributed by atoms with E-state index in [1.54, 1.807) is 12.4 Å². The maximum absolute atomic E-state index is 13.1. The first-order valence-corrected chi connectivity index (χ1v) is 8.94. The molecule has 0 saturated carbocycles. The van der Waals surface area contributed by atoms with E-state index in [0.29, 0.717) is 13.1 Å². The summed E-state index contributed by atoms with van der Waals surface area (Å²) in [4.78, 5) is 23.2. The summed E-state index contributed by atoms with van der Waals surface area (Å²) in [6, 6.07) is 10.5. The summed E-state index contributed by atoms with van der Waals surface area (Å²) in [5.41, 5.74) is 1.92. The van der Waals surface area contributed by atoms with Gasteiger partial charge in [-0.2, -0.15) is 0 Å². The number of carbonyl (C=O) groups excluding carboxylic acids is 1. The highest BCUT2D eigenvalue weighted by atomic mass is 19.1. The number of likely N-dealkylation sites (tertiary alicyclic amines) is 1. The molecule has 136 valence electrons. The Bertz CT molecular complexity index is 782. The third kappa shape index (κ3) is 3.22. The lowest BCUT2D eigenvalue weighted by Gasteiger charge is -2.46. The summed E-state index contributed by atoms with van der Waals surface area (Å²) in [5.74, 6) is -0.0904. The van der Waals surface area contributed by atoms with Crippen LogP contribution in [0.4, 0.5) is 10.1 Å². The van der Waals surface area contributed by atoms with Crippen LogP contribution in [0.1, 0.15) is 12.0 Å². The summed E-state index contributed by atoms with van der Waals surface area (Å²) in [7, 11) is 2.04. The van der Waals surface area contributed by atoms with Crippen molar-refractivity contribution in [2.45, 2.75) is 18.5 Å². The quantitative estimate of drug-likeness (QED) is 0.847. The Balaban J connectivity index is 1.50. The SMILES string of the molecule is CN1CC(=O)N(c2cccnc2)CC12CCN(Cc1ccc(F)cc1)C2. The normalized spacial score (nSPS) is 24.5. The molecule has 5 nitrogen and oxygen atoms in total. The topological polar surface area (TPSA) is 39.7 Å². The molecule has 0 radical (unpaired) electrons. The van der Waals surface area contributed by atoms with Crippen molar-refractivity contribution in [2.75, 3.05) is 38.1 Å². The molecule has 0 bridgehead atoms. The van der Waals surface area contributed by atoms with Crippen LogP contribution in [-0.2, 0) is 11.3 Å². The summed E-state index contributed by atoms with van der Waals surface area (Å²) < 4.78 is 13.1. The van der Waals surface area contributed by atoms with Gasteiger partial charge in [0.25, 0.3) is 0 Å². The number of likely N-dealkylation sites (N-methyl/N-ethyl adjacent to an activating group) is 1. The zero-order chi connectivity index (χ0) is 18.1. The first kappa shape index (κ1) is 17.1. The lowest BCUT2D eigenvalue weighted by molar-refractivity contribution is -0.123. The molecule has 1 spiro atoms. The highest BCUT2D eigenvalue weighted by Crippen LogP contribution is 2.33. The van der Waals surface area contributed by atoms with Gasteiger partial charge in [-0.25, -0.2) is 4.39 Å². The number of aromatic nitrogens is 1. The van der Waals surface area contributed by atoms with E-state index in [1.165, 1.54) is 12.1 Å². The van der Waals surface area contributed by atoms with Crippen molar-refractivity contribution < 1.29 is 9.18 Å². The van der Waals surface area contributed by atoms with Crippen LogP contribution in [-0.4, -0.2) is 59.5 Å². The van der Waals surface area contributed by atoms with Gasteiger partial charge in [0.1, 0.15) is 5.82 Å². The molecular weight excluding hydrogens is 331 g/mol. The summed E-state index contributed by atoms with van der Waals surface area (Å²) in [6.45, 7) is 3.76. The van der Waals surface area contributed by atoms with E-state index in [0.717, 1.165) is 37.3 Å². The van der Waals surface area contributed by atoms with Crippen LogP contribution < -0.4 is 4.90 Å². The average molecular weight is 354 g/mol. The van der Waals surface area contributed by atoms with E-state index in [4.69, 9.17) is 0 Å². The molecule has 4 rings (SSSR count). The second kappa shape index (κ2) is 6.78. The van der Waals surface area contributed by atoms with Gasteiger partial charge < -0.3 is 4.90 Å². The second-order valence-electron chi connectivity index (χ2n) is 7.36. The minimum atomic E-state index is -0.204. The Kier molecular flexibility index (Phi) is 4.46. The average Bonchev–Trinajstić information content (AvgIpc) is 3.05. The molecule has 2 aliphatic heterocycles. The van der Waals surface area contributed by atoms with Crippen LogP contribution in [0.15, 0.2) is 48.8 Å². The Morgan fingerprint density at radius 3 is 2.73 bits per heavy atom. The first-order valence-electron chi connectivity index (χ1n) is 8.94. The Labute approximate surface area is 153 Å². The zero-order valence-electron chi connectivity index (χ0n) is 14.9. The lowest BCUT2D eigenvalue weighted by atomic mass is 9.92. The van der Waals surface area contributed by atoms with Gasteiger partial charge in [0.05, 0.1) is 24.0 Å². The molecule has 1 atom stereocenters. The van der Waals surface area contributed by atoms with Crippen molar-refractivity contribution in [1.82, 2.24) is 14.8 Å². The predicted octanol–water partition coefficient (Wildman–Crippen LogP) is 2.14. The van der Waals surface area contributed by atoms with Gasteiger partial charge in [-0.3, -0.25) is 19.6 Å². The van der Waals surface area contributed by atoms with E-state index in [1.807, 2.05) is 36.2 Å². The van der Waals surface area contributed by atoms with Gasteiger partial charge in [-0.15, -0.1) is 0 Å². The van der Waals surface area contributed by atoms with Crippen molar-refractivity contribution >= 4 is 11.6 Å². The van der Waals surface area contributed by atoms with Gasteiger partial charge in [0.15, 0.2) is 0 Å². The highest BCUT2D eigenvalue weighted by molar-refractivity contribution is 5.95. The van der Waals surface area contributed by atoms with Crippen molar-refractivity contribution in [2.24, 2.45) is 0 Å². The van der Waals surface area contributed by atoms with Crippen molar-refractivity contribution in [3.63, 3.8) is 0 Å². The molecule has 6 heteroatoms. The van der Waals surface area contributed by atoms with Crippen LogP contribution >= 0.6 is 0 Å². The van der Waals surface area contributed by atoms with E-state index in [9.17, 15) is 9.18 Å². The maximum atomic E-state index is 13.1. The van der Waals surface area contributed by atoms with Gasteiger partial charge >= 0.3 is 0 Å². The van der Waals surface area contributed by atoms with E-state index in [-0.39, 0.29) is 17.3 Å². The number of nitrogens with zero attached hydrogens (tertiary/aromatic N) is 4. The number of amides is 1.